The number of hydrogen-bond acceptors (Lipinski definition) is 4. The van der Waals surface area contributed by atoms with E-state index in [-0.39, 0.29) is 29.7 Å². The Labute approximate surface area is 118 Å². The number of nitro benzene ring substituents is 1. The molecule has 3 N–H and O–H groups in total. The summed E-state index contributed by atoms with van der Waals surface area (Å²) in [5.41, 5.74) is 6.49. The minimum atomic E-state index is -0.498. The highest BCUT2D eigenvalue weighted by Gasteiger charge is 2.22. The third kappa shape index (κ3) is 4.31. The molecule has 0 saturated carbocycles. The second-order valence-corrected chi connectivity index (χ2v) is 5.33. The van der Waals surface area contributed by atoms with Gasteiger partial charge in [0.2, 0.25) is 5.91 Å². The molecular formula is C14H21N3O3. The van der Waals surface area contributed by atoms with Gasteiger partial charge in [-0.05, 0) is 30.9 Å². The van der Waals surface area contributed by atoms with Crippen molar-refractivity contribution in [3.05, 3.63) is 33.9 Å². The number of nitrogens with two attached hydrogens (primary N) is 1. The van der Waals surface area contributed by atoms with Crippen LogP contribution in [0.1, 0.15) is 25.8 Å². The highest BCUT2D eigenvalue weighted by molar-refractivity contribution is 5.94. The molecule has 0 aromatic heterocycles. The minimum absolute atomic E-state index is 0.0985. The molecule has 0 saturated heterocycles. The Hall–Kier alpha value is -1.95. The molecule has 20 heavy (non-hydrogen) atoms. The zero-order valence-electron chi connectivity index (χ0n) is 12.1. The van der Waals surface area contributed by atoms with Crippen molar-refractivity contribution in [1.29, 1.82) is 0 Å². The molecule has 1 atom stereocenters. The Morgan fingerprint density at radius 2 is 2.10 bits per heavy atom. The zero-order valence-corrected chi connectivity index (χ0v) is 12.1. The second-order valence-electron chi connectivity index (χ2n) is 5.33. The number of anilines is 1. The van der Waals surface area contributed by atoms with Crippen LogP contribution in [0.15, 0.2) is 18.2 Å². The van der Waals surface area contributed by atoms with Gasteiger partial charge in [-0.2, -0.15) is 0 Å². The number of amides is 1. The standard InChI is InChI=1S/C14H21N3O3/c1-9(2)6-11(8-15)14(18)16-12-5-4-10(3)7-13(12)17(19)20/h4-5,7,9,11H,6,8,15H2,1-3H3,(H,16,18). The number of benzene rings is 1. The first-order valence-corrected chi connectivity index (χ1v) is 6.61. The predicted octanol–water partition coefficient (Wildman–Crippen LogP) is 2.46. The number of nitrogens with zero attached hydrogens (tertiary/aromatic N) is 1. The van der Waals surface area contributed by atoms with Crippen molar-refractivity contribution in [1.82, 2.24) is 0 Å². The number of aryl methyl sites for hydroxylation is 1. The lowest BCUT2D eigenvalue weighted by Crippen LogP contribution is -2.30. The SMILES string of the molecule is Cc1ccc(NC(=O)C(CN)CC(C)C)c([N+](=O)[O-])c1. The summed E-state index contributed by atoms with van der Waals surface area (Å²) in [6, 6.07) is 4.71. The van der Waals surface area contributed by atoms with Crippen LogP contribution >= 0.6 is 0 Å². The molecule has 1 aromatic carbocycles. The fraction of sp³-hybridized carbons (Fsp3) is 0.500. The lowest BCUT2D eigenvalue weighted by molar-refractivity contribution is -0.384. The maximum atomic E-state index is 12.1. The molecule has 0 bridgehead atoms. The van der Waals surface area contributed by atoms with Gasteiger partial charge >= 0.3 is 0 Å². The summed E-state index contributed by atoms with van der Waals surface area (Å²) in [4.78, 5) is 22.6. The van der Waals surface area contributed by atoms with Gasteiger partial charge in [0.05, 0.1) is 10.8 Å². The summed E-state index contributed by atoms with van der Waals surface area (Å²) >= 11 is 0. The lowest BCUT2D eigenvalue weighted by atomic mass is 9.96. The van der Waals surface area contributed by atoms with Gasteiger partial charge in [0.1, 0.15) is 5.69 Å². The smallest absolute Gasteiger partial charge is 0.293 e. The third-order valence-corrected chi connectivity index (χ3v) is 3.02. The first-order valence-electron chi connectivity index (χ1n) is 6.61. The van der Waals surface area contributed by atoms with Crippen molar-refractivity contribution in [2.24, 2.45) is 17.6 Å². The van der Waals surface area contributed by atoms with E-state index in [1.165, 1.54) is 6.07 Å². The summed E-state index contributed by atoms with van der Waals surface area (Å²) in [5.74, 6) is -0.272. The zero-order chi connectivity index (χ0) is 15.3. The summed E-state index contributed by atoms with van der Waals surface area (Å²) in [5, 5.41) is 13.6. The number of hydrogen-bond donors (Lipinski definition) is 2. The lowest BCUT2D eigenvalue weighted by Gasteiger charge is -2.16. The fourth-order valence-electron chi connectivity index (χ4n) is 2.01. The van der Waals surface area contributed by atoms with Crippen molar-refractivity contribution in [3.63, 3.8) is 0 Å². The maximum absolute atomic E-state index is 12.1. The Morgan fingerprint density at radius 1 is 1.45 bits per heavy atom. The monoisotopic (exact) mass is 279 g/mol. The summed E-state index contributed by atoms with van der Waals surface area (Å²) in [6.45, 7) is 6.00. The molecule has 6 nitrogen and oxygen atoms in total. The number of carbonyl (C=O) groups excluding carboxylic acids is 1. The second kappa shape index (κ2) is 7.00. The highest BCUT2D eigenvalue weighted by atomic mass is 16.6. The molecule has 1 rings (SSSR count). The molecule has 0 aliphatic carbocycles. The minimum Gasteiger partial charge on any atom is -0.330 e. The Balaban J connectivity index is 2.92. The van der Waals surface area contributed by atoms with Gasteiger partial charge in [-0.15, -0.1) is 0 Å². The van der Waals surface area contributed by atoms with Gasteiger partial charge in [-0.3, -0.25) is 14.9 Å². The van der Waals surface area contributed by atoms with Gasteiger partial charge in [0.25, 0.3) is 5.69 Å². The highest BCUT2D eigenvalue weighted by Crippen LogP contribution is 2.26. The van der Waals surface area contributed by atoms with Crippen LogP contribution in [0.2, 0.25) is 0 Å². The predicted molar refractivity (Wildman–Crippen MR) is 78.5 cm³/mol. The van der Waals surface area contributed by atoms with Crippen LogP contribution in [0.25, 0.3) is 0 Å². The van der Waals surface area contributed by atoms with E-state index < -0.39 is 4.92 Å². The van der Waals surface area contributed by atoms with E-state index in [1.54, 1.807) is 19.1 Å². The molecule has 0 fully saturated rings. The van der Waals surface area contributed by atoms with Crippen molar-refractivity contribution >= 4 is 17.3 Å². The molecule has 0 aliphatic heterocycles. The molecule has 0 radical (unpaired) electrons. The van der Waals surface area contributed by atoms with Crippen molar-refractivity contribution in [3.8, 4) is 0 Å². The van der Waals surface area contributed by atoms with E-state index in [4.69, 9.17) is 5.73 Å². The molecule has 1 unspecified atom stereocenters. The average molecular weight is 279 g/mol. The van der Waals surface area contributed by atoms with Gasteiger partial charge < -0.3 is 11.1 Å². The third-order valence-electron chi connectivity index (χ3n) is 3.02. The van der Waals surface area contributed by atoms with Crippen LogP contribution in [0.3, 0.4) is 0 Å². The molecule has 110 valence electrons. The maximum Gasteiger partial charge on any atom is 0.293 e. The number of carbonyl (C=O) groups is 1. The van der Waals surface area contributed by atoms with E-state index in [2.05, 4.69) is 5.32 Å². The van der Waals surface area contributed by atoms with E-state index in [0.29, 0.717) is 12.3 Å². The Bertz CT molecular complexity index is 500. The van der Waals surface area contributed by atoms with Crippen LogP contribution in [0.5, 0.6) is 0 Å². The van der Waals surface area contributed by atoms with Crippen LogP contribution in [0.4, 0.5) is 11.4 Å². The average Bonchev–Trinajstić information content (AvgIpc) is 2.37. The largest absolute Gasteiger partial charge is 0.330 e. The normalized spacial score (nSPS) is 12.2. The Kier molecular flexibility index (Phi) is 5.64. The van der Waals surface area contributed by atoms with Crippen molar-refractivity contribution in [2.45, 2.75) is 27.2 Å². The molecule has 1 aromatic rings. The van der Waals surface area contributed by atoms with E-state index >= 15 is 0 Å². The van der Waals surface area contributed by atoms with E-state index in [1.807, 2.05) is 13.8 Å². The van der Waals surface area contributed by atoms with Crippen molar-refractivity contribution < 1.29 is 9.72 Å². The van der Waals surface area contributed by atoms with E-state index in [0.717, 1.165) is 5.56 Å². The van der Waals surface area contributed by atoms with Crippen LogP contribution in [-0.4, -0.2) is 17.4 Å². The van der Waals surface area contributed by atoms with Crippen LogP contribution in [-0.2, 0) is 4.79 Å². The fourth-order valence-corrected chi connectivity index (χ4v) is 2.01. The van der Waals surface area contributed by atoms with Crippen molar-refractivity contribution in [2.75, 3.05) is 11.9 Å². The molecule has 1 amide bonds. The Morgan fingerprint density at radius 3 is 2.60 bits per heavy atom. The number of nitrogens with one attached hydrogen (secondary N) is 1. The number of nitro groups is 1. The van der Waals surface area contributed by atoms with Gasteiger partial charge in [0.15, 0.2) is 0 Å². The quantitative estimate of drug-likeness (QED) is 0.617. The number of rotatable bonds is 6. The summed E-state index contributed by atoms with van der Waals surface area (Å²) in [6.07, 6.45) is 0.655. The molecule has 0 aliphatic rings. The molecular weight excluding hydrogens is 258 g/mol. The van der Waals surface area contributed by atoms with Crippen LogP contribution < -0.4 is 11.1 Å². The first-order chi connectivity index (χ1) is 9.35. The molecule has 6 heteroatoms. The van der Waals surface area contributed by atoms with E-state index in [9.17, 15) is 14.9 Å². The van der Waals surface area contributed by atoms with Gasteiger partial charge in [-0.25, -0.2) is 0 Å². The summed E-state index contributed by atoms with van der Waals surface area (Å²) in [7, 11) is 0. The molecule has 0 spiro atoms. The first kappa shape index (κ1) is 16.1. The summed E-state index contributed by atoms with van der Waals surface area (Å²) < 4.78 is 0. The van der Waals surface area contributed by atoms with Gasteiger partial charge in [-0.1, -0.05) is 19.9 Å². The van der Waals surface area contributed by atoms with Crippen LogP contribution in [0, 0.1) is 28.9 Å². The molecule has 0 heterocycles. The van der Waals surface area contributed by atoms with Gasteiger partial charge in [0, 0.05) is 12.6 Å². The topological polar surface area (TPSA) is 98.3 Å².